The van der Waals surface area contributed by atoms with Crippen LogP contribution in [0.15, 0.2) is 53.9 Å². The van der Waals surface area contributed by atoms with Gasteiger partial charge in [0.1, 0.15) is 0 Å². The molecule has 0 unspecified atom stereocenters. The number of benzene rings is 2. The monoisotopic (exact) mass is 406 g/mol. The van der Waals surface area contributed by atoms with Crippen molar-refractivity contribution in [1.29, 1.82) is 0 Å². The van der Waals surface area contributed by atoms with Gasteiger partial charge < -0.3 is 10.6 Å². The number of carbonyl (C=O) groups is 2. The van der Waals surface area contributed by atoms with Gasteiger partial charge in [0.05, 0.1) is 5.56 Å². The van der Waals surface area contributed by atoms with E-state index in [1.54, 1.807) is 11.3 Å². The molecule has 0 spiro atoms. The molecule has 1 aromatic heterocycles. The lowest BCUT2D eigenvalue weighted by Gasteiger charge is -2.08. The van der Waals surface area contributed by atoms with Gasteiger partial charge in [0, 0.05) is 17.8 Å². The van der Waals surface area contributed by atoms with Crippen molar-refractivity contribution in [1.82, 2.24) is 10.6 Å². The smallest absolute Gasteiger partial charge is 0.348 e. The fourth-order valence-corrected chi connectivity index (χ4v) is 3.65. The number of nitrogens with one attached hydrogen (secondary N) is 2. The molecule has 0 saturated heterocycles. The lowest BCUT2D eigenvalue weighted by molar-refractivity contribution is -0.139. The van der Waals surface area contributed by atoms with Crippen molar-refractivity contribution in [3.63, 3.8) is 0 Å². The Labute approximate surface area is 163 Å². The minimum absolute atomic E-state index is 0.152. The predicted octanol–water partition coefficient (Wildman–Crippen LogP) is 3.90. The van der Waals surface area contributed by atoms with Crippen LogP contribution in [0.3, 0.4) is 0 Å². The van der Waals surface area contributed by atoms with E-state index in [1.165, 1.54) is 12.1 Å². The molecule has 3 aromatic rings. The minimum atomic E-state index is -4.38. The van der Waals surface area contributed by atoms with Gasteiger partial charge in [-0.3, -0.25) is 9.59 Å². The van der Waals surface area contributed by atoms with Crippen LogP contribution in [-0.4, -0.2) is 18.4 Å². The summed E-state index contributed by atoms with van der Waals surface area (Å²) in [4.78, 5) is 23.8. The van der Waals surface area contributed by atoms with Crippen LogP contribution in [-0.2, 0) is 28.7 Å². The molecule has 0 bridgehead atoms. The Bertz CT molecular complexity index is 981. The highest BCUT2D eigenvalue weighted by atomic mass is 32.1. The van der Waals surface area contributed by atoms with Crippen molar-refractivity contribution in [2.24, 2.45) is 0 Å². The van der Waals surface area contributed by atoms with Crippen molar-refractivity contribution >= 4 is 33.2 Å². The molecule has 4 nitrogen and oxygen atoms in total. The first-order valence-electron chi connectivity index (χ1n) is 8.52. The second-order valence-corrected chi connectivity index (χ2v) is 7.05. The number of hydrogen-bond acceptors (Lipinski definition) is 3. The lowest BCUT2D eigenvalue weighted by Crippen LogP contribution is -2.40. The number of rotatable bonds is 5. The fraction of sp³-hybridized carbons (Fsp3) is 0.200. The van der Waals surface area contributed by atoms with E-state index >= 15 is 0 Å². The van der Waals surface area contributed by atoms with Gasteiger partial charge in [-0.1, -0.05) is 30.3 Å². The number of amides is 2. The third-order valence-electron chi connectivity index (χ3n) is 4.19. The van der Waals surface area contributed by atoms with E-state index in [4.69, 9.17) is 0 Å². The Hall–Kier alpha value is -2.87. The number of thiophene rings is 1. The van der Waals surface area contributed by atoms with Crippen LogP contribution in [0.2, 0.25) is 0 Å². The molecular weight excluding hydrogens is 389 g/mol. The Kier molecular flexibility index (Phi) is 5.99. The van der Waals surface area contributed by atoms with Crippen LogP contribution >= 0.6 is 11.3 Å². The van der Waals surface area contributed by atoms with Crippen LogP contribution in [0.1, 0.15) is 16.7 Å². The molecule has 28 heavy (non-hydrogen) atoms. The standard InChI is InChI=1S/C20H17F3N2O2S/c21-20(22,23)15-7-5-13(6-8-15)9-10-24-18(26)19(27)25-11-14-12-28-17-4-2-1-3-16(14)17/h1-8,12H,9-11H2,(H,24,26)(H,25,27). The van der Waals surface area contributed by atoms with Gasteiger partial charge in [-0.2, -0.15) is 13.2 Å². The van der Waals surface area contributed by atoms with E-state index in [0.29, 0.717) is 12.0 Å². The summed E-state index contributed by atoms with van der Waals surface area (Å²) in [6.45, 7) is 0.397. The predicted molar refractivity (Wildman–Crippen MR) is 102 cm³/mol. The number of alkyl halides is 3. The van der Waals surface area contributed by atoms with E-state index in [2.05, 4.69) is 10.6 Å². The third kappa shape index (κ3) is 4.89. The molecule has 0 atom stereocenters. The molecule has 0 fully saturated rings. The first-order chi connectivity index (χ1) is 13.3. The minimum Gasteiger partial charge on any atom is -0.348 e. The Morgan fingerprint density at radius 3 is 2.32 bits per heavy atom. The summed E-state index contributed by atoms with van der Waals surface area (Å²) in [6.07, 6.45) is -4.05. The Morgan fingerprint density at radius 1 is 0.929 bits per heavy atom. The molecule has 2 N–H and O–H groups in total. The van der Waals surface area contributed by atoms with Gasteiger partial charge in [-0.15, -0.1) is 11.3 Å². The van der Waals surface area contributed by atoms with E-state index in [9.17, 15) is 22.8 Å². The molecule has 1 heterocycles. The van der Waals surface area contributed by atoms with Crippen LogP contribution in [0.5, 0.6) is 0 Å². The average molecular weight is 406 g/mol. The van der Waals surface area contributed by atoms with E-state index in [1.807, 2.05) is 29.6 Å². The SMILES string of the molecule is O=C(NCCc1ccc(C(F)(F)F)cc1)C(=O)NCc1csc2ccccc12. The van der Waals surface area contributed by atoms with E-state index < -0.39 is 23.6 Å². The highest BCUT2D eigenvalue weighted by Gasteiger charge is 2.29. The van der Waals surface area contributed by atoms with Crippen LogP contribution < -0.4 is 10.6 Å². The maximum absolute atomic E-state index is 12.5. The number of hydrogen-bond donors (Lipinski definition) is 2. The molecule has 3 rings (SSSR count). The van der Waals surface area contributed by atoms with Crippen molar-refractivity contribution in [3.05, 3.63) is 70.6 Å². The second-order valence-electron chi connectivity index (χ2n) is 6.14. The largest absolute Gasteiger partial charge is 0.416 e. The van der Waals surface area contributed by atoms with Crippen LogP contribution in [0, 0.1) is 0 Å². The summed E-state index contributed by atoms with van der Waals surface area (Å²) in [5, 5.41) is 8.03. The highest BCUT2D eigenvalue weighted by molar-refractivity contribution is 7.17. The fourth-order valence-electron chi connectivity index (χ4n) is 2.69. The molecule has 146 valence electrons. The van der Waals surface area contributed by atoms with Gasteiger partial charge in [0.25, 0.3) is 0 Å². The highest BCUT2D eigenvalue weighted by Crippen LogP contribution is 2.29. The van der Waals surface area contributed by atoms with Gasteiger partial charge in [0.15, 0.2) is 0 Å². The zero-order valence-corrected chi connectivity index (χ0v) is 15.5. The van der Waals surface area contributed by atoms with E-state index in [-0.39, 0.29) is 13.1 Å². The summed E-state index contributed by atoms with van der Waals surface area (Å²) < 4.78 is 38.7. The van der Waals surface area contributed by atoms with Crippen molar-refractivity contribution in [2.45, 2.75) is 19.1 Å². The zero-order chi connectivity index (χ0) is 20.1. The lowest BCUT2D eigenvalue weighted by atomic mass is 10.1. The number of carbonyl (C=O) groups excluding carboxylic acids is 2. The summed E-state index contributed by atoms with van der Waals surface area (Å²) in [6, 6.07) is 12.5. The molecule has 8 heteroatoms. The van der Waals surface area contributed by atoms with Gasteiger partial charge in [0.2, 0.25) is 0 Å². The average Bonchev–Trinajstić information content (AvgIpc) is 3.09. The molecular formula is C20H17F3N2O2S. The van der Waals surface area contributed by atoms with Crippen LogP contribution in [0.25, 0.3) is 10.1 Å². The zero-order valence-electron chi connectivity index (χ0n) is 14.7. The first-order valence-corrected chi connectivity index (χ1v) is 9.40. The Morgan fingerprint density at radius 2 is 1.61 bits per heavy atom. The number of halogens is 3. The van der Waals surface area contributed by atoms with Gasteiger partial charge >= 0.3 is 18.0 Å². The van der Waals surface area contributed by atoms with Gasteiger partial charge in [-0.25, -0.2) is 0 Å². The second kappa shape index (κ2) is 8.43. The van der Waals surface area contributed by atoms with E-state index in [0.717, 1.165) is 27.8 Å². The quantitative estimate of drug-likeness (QED) is 0.632. The molecule has 0 saturated carbocycles. The van der Waals surface area contributed by atoms with Gasteiger partial charge in [-0.05, 0) is 46.5 Å². The van der Waals surface area contributed by atoms with Crippen molar-refractivity contribution in [2.75, 3.05) is 6.54 Å². The molecule has 0 aliphatic rings. The normalized spacial score (nSPS) is 11.4. The maximum atomic E-state index is 12.5. The number of fused-ring (bicyclic) bond motifs is 1. The summed E-state index contributed by atoms with van der Waals surface area (Å²) in [7, 11) is 0. The topological polar surface area (TPSA) is 58.2 Å². The molecule has 2 amide bonds. The molecule has 0 radical (unpaired) electrons. The van der Waals surface area contributed by atoms with Crippen LogP contribution in [0.4, 0.5) is 13.2 Å². The summed E-state index contributed by atoms with van der Waals surface area (Å²) in [5.74, 6) is -1.52. The van der Waals surface area contributed by atoms with Crippen molar-refractivity contribution in [3.8, 4) is 0 Å². The summed E-state index contributed by atoms with van der Waals surface area (Å²) >= 11 is 1.57. The molecule has 0 aliphatic carbocycles. The molecule has 0 aliphatic heterocycles. The maximum Gasteiger partial charge on any atom is 0.416 e. The first kappa shape index (κ1) is 19.9. The van der Waals surface area contributed by atoms with Crippen molar-refractivity contribution < 1.29 is 22.8 Å². The summed E-state index contributed by atoms with van der Waals surface area (Å²) in [5.41, 5.74) is 0.852. The molecule has 2 aromatic carbocycles. The Balaban J connectivity index is 1.45. The third-order valence-corrected chi connectivity index (χ3v) is 5.20.